The zero-order chi connectivity index (χ0) is 23.7. The van der Waals surface area contributed by atoms with Crippen molar-refractivity contribution in [3.8, 4) is 28.6 Å². The van der Waals surface area contributed by atoms with E-state index < -0.39 is 42.7 Å². The number of para-hydroxylation sites is 1. The van der Waals surface area contributed by atoms with Crippen LogP contribution >= 0.6 is 0 Å². The maximum atomic E-state index is 13.3. The smallest absolute Gasteiger partial charge is 0.235 e. The zero-order valence-corrected chi connectivity index (χ0v) is 18.4. The van der Waals surface area contributed by atoms with Gasteiger partial charge in [0.25, 0.3) is 0 Å². The summed E-state index contributed by atoms with van der Waals surface area (Å²) in [6.07, 6.45) is -7.71. The van der Waals surface area contributed by atoms with Crippen LogP contribution in [0.4, 0.5) is 0 Å². The highest BCUT2D eigenvalue weighted by atomic mass is 16.7. The van der Waals surface area contributed by atoms with Gasteiger partial charge in [-0.2, -0.15) is 0 Å². The number of hydrogen-bond acceptors (Lipinski definition) is 10. The van der Waals surface area contributed by atoms with E-state index in [0.29, 0.717) is 22.6 Å². The molecular weight excluding hydrogens is 452 g/mol. The van der Waals surface area contributed by atoms with Crippen molar-refractivity contribution < 1.29 is 49.3 Å². The second-order valence-electron chi connectivity index (χ2n) is 7.47. The van der Waals surface area contributed by atoms with Gasteiger partial charge in [-0.3, -0.25) is 4.79 Å². The standard InChI is InChI=1S/C23H24O10.H2O/c1-29-14-8-7-11(9-15(14)30-2)21-22(17(25)12-5-3-4-6-13(12)31-21)33-23-20(28)19(27)18(26)16(10-24)32-23;/h3-9,16,18-20,23-24,26-28H,10H2,1-2H3;1H2/t16-,18-,19+,20-,23+;/m1./s1. The predicted octanol–water partition coefficient (Wildman–Crippen LogP) is -0.169. The van der Waals surface area contributed by atoms with E-state index >= 15 is 0 Å². The lowest BCUT2D eigenvalue weighted by Gasteiger charge is -2.39. The average molecular weight is 478 g/mol. The fourth-order valence-electron chi connectivity index (χ4n) is 3.68. The molecule has 1 fully saturated rings. The Bertz CT molecular complexity index is 1190. The Morgan fingerprint density at radius 2 is 1.65 bits per heavy atom. The normalized spacial score (nSPS) is 24.4. The molecule has 11 nitrogen and oxygen atoms in total. The van der Waals surface area contributed by atoms with Crippen molar-refractivity contribution >= 4 is 11.0 Å². The molecule has 0 amide bonds. The van der Waals surface area contributed by atoms with Crippen molar-refractivity contribution in [1.29, 1.82) is 0 Å². The van der Waals surface area contributed by atoms with E-state index in [-0.39, 0.29) is 22.4 Å². The summed E-state index contributed by atoms with van der Waals surface area (Å²) in [5.41, 5.74) is 0.169. The molecule has 2 aromatic carbocycles. The van der Waals surface area contributed by atoms with Crippen molar-refractivity contribution in [1.82, 2.24) is 0 Å². The first-order valence-corrected chi connectivity index (χ1v) is 10.1. The Kier molecular flexibility index (Phi) is 7.77. The maximum Gasteiger partial charge on any atom is 0.235 e. The van der Waals surface area contributed by atoms with Crippen LogP contribution in [0.2, 0.25) is 0 Å². The quantitative estimate of drug-likeness (QED) is 0.371. The first-order valence-electron chi connectivity index (χ1n) is 10.1. The summed E-state index contributed by atoms with van der Waals surface area (Å²) in [5.74, 6) is 0.576. The molecule has 0 radical (unpaired) electrons. The fourth-order valence-corrected chi connectivity index (χ4v) is 3.68. The van der Waals surface area contributed by atoms with E-state index in [2.05, 4.69) is 0 Å². The van der Waals surface area contributed by atoms with Crippen LogP contribution in [-0.4, -0.2) is 77.4 Å². The van der Waals surface area contributed by atoms with Crippen LogP contribution in [0, 0.1) is 0 Å². The molecule has 3 aromatic rings. The summed E-state index contributed by atoms with van der Waals surface area (Å²) in [6.45, 7) is -0.639. The summed E-state index contributed by atoms with van der Waals surface area (Å²) < 4.78 is 27.7. The largest absolute Gasteiger partial charge is 0.493 e. The second kappa shape index (κ2) is 10.4. The van der Waals surface area contributed by atoms with Crippen LogP contribution in [0.5, 0.6) is 17.2 Å². The molecule has 0 unspecified atom stereocenters. The molecule has 1 aromatic heterocycles. The summed E-state index contributed by atoms with van der Waals surface area (Å²) in [4.78, 5) is 13.3. The monoisotopic (exact) mass is 478 g/mol. The highest BCUT2D eigenvalue weighted by Gasteiger charge is 2.45. The number of ether oxygens (including phenoxy) is 4. The third-order valence-electron chi connectivity index (χ3n) is 5.48. The molecule has 1 aliphatic heterocycles. The van der Waals surface area contributed by atoms with Gasteiger partial charge in [-0.05, 0) is 30.3 Å². The van der Waals surface area contributed by atoms with Gasteiger partial charge in [-0.25, -0.2) is 0 Å². The van der Waals surface area contributed by atoms with Crippen molar-refractivity contribution in [3.63, 3.8) is 0 Å². The van der Waals surface area contributed by atoms with Crippen molar-refractivity contribution in [2.45, 2.75) is 30.7 Å². The van der Waals surface area contributed by atoms with E-state index in [1.165, 1.54) is 14.2 Å². The van der Waals surface area contributed by atoms with Crippen LogP contribution in [0.1, 0.15) is 0 Å². The predicted molar refractivity (Wildman–Crippen MR) is 119 cm³/mol. The topological polar surface area (TPSA) is 180 Å². The van der Waals surface area contributed by atoms with Gasteiger partial charge in [0.2, 0.25) is 17.5 Å². The van der Waals surface area contributed by atoms with E-state index in [1.54, 1.807) is 42.5 Å². The lowest BCUT2D eigenvalue weighted by Crippen LogP contribution is -2.60. The summed E-state index contributed by atoms with van der Waals surface area (Å²) in [6, 6.07) is 11.4. The zero-order valence-electron chi connectivity index (χ0n) is 18.4. The highest BCUT2D eigenvalue weighted by molar-refractivity contribution is 5.82. The number of fused-ring (bicyclic) bond motifs is 1. The Hall–Kier alpha value is -3.19. The number of hydrogen-bond donors (Lipinski definition) is 4. The third kappa shape index (κ3) is 4.44. The first-order chi connectivity index (χ1) is 15.9. The lowest BCUT2D eigenvalue weighted by atomic mass is 9.99. The molecule has 11 heteroatoms. The van der Waals surface area contributed by atoms with Crippen molar-refractivity contribution in [2.75, 3.05) is 20.8 Å². The van der Waals surface area contributed by atoms with E-state index in [9.17, 15) is 25.2 Å². The maximum absolute atomic E-state index is 13.3. The molecule has 0 spiro atoms. The average Bonchev–Trinajstić information content (AvgIpc) is 2.85. The SMILES string of the molecule is COc1ccc(-c2oc3ccccc3c(=O)c2O[C@@H]2O[C@H](CO)[C@@H](O)[C@H](O)[C@H]2O)cc1OC.O. The molecular formula is C23H26O11. The van der Waals surface area contributed by atoms with Gasteiger partial charge in [0.1, 0.15) is 30.0 Å². The van der Waals surface area contributed by atoms with Crippen LogP contribution in [-0.2, 0) is 4.74 Å². The van der Waals surface area contributed by atoms with Gasteiger partial charge in [0.05, 0.1) is 26.2 Å². The molecule has 0 aliphatic carbocycles. The lowest BCUT2D eigenvalue weighted by molar-refractivity contribution is -0.277. The summed E-state index contributed by atoms with van der Waals surface area (Å²) in [5, 5.41) is 40.2. The van der Waals surface area contributed by atoms with E-state index in [1.807, 2.05) is 0 Å². The molecule has 184 valence electrons. The summed E-state index contributed by atoms with van der Waals surface area (Å²) >= 11 is 0. The Labute approximate surface area is 193 Å². The van der Waals surface area contributed by atoms with Crippen LogP contribution in [0.3, 0.4) is 0 Å². The molecule has 2 heterocycles. The minimum atomic E-state index is -1.70. The molecule has 34 heavy (non-hydrogen) atoms. The first kappa shape index (κ1) is 25.4. The van der Waals surface area contributed by atoms with Gasteiger partial charge < -0.3 is 49.3 Å². The minimum Gasteiger partial charge on any atom is -0.493 e. The third-order valence-corrected chi connectivity index (χ3v) is 5.48. The molecule has 4 rings (SSSR count). The minimum absolute atomic E-state index is 0. The number of rotatable bonds is 6. The van der Waals surface area contributed by atoms with Gasteiger partial charge >= 0.3 is 0 Å². The van der Waals surface area contributed by atoms with Crippen LogP contribution in [0.25, 0.3) is 22.3 Å². The molecule has 0 bridgehead atoms. The van der Waals surface area contributed by atoms with Gasteiger partial charge in [-0.15, -0.1) is 0 Å². The van der Waals surface area contributed by atoms with E-state index in [0.717, 1.165) is 0 Å². The number of methoxy groups -OCH3 is 2. The highest BCUT2D eigenvalue weighted by Crippen LogP contribution is 2.37. The Balaban J connectivity index is 0.00000324. The van der Waals surface area contributed by atoms with Crippen LogP contribution in [0.15, 0.2) is 51.7 Å². The number of benzene rings is 2. The van der Waals surface area contributed by atoms with E-state index in [4.69, 9.17) is 23.4 Å². The van der Waals surface area contributed by atoms with Crippen molar-refractivity contribution in [2.24, 2.45) is 0 Å². The Morgan fingerprint density at radius 3 is 2.32 bits per heavy atom. The van der Waals surface area contributed by atoms with Crippen LogP contribution < -0.4 is 19.6 Å². The fraction of sp³-hybridized carbons (Fsp3) is 0.348. The van der Waals surface area contributed by atoms with Gasteiger partial charge in [0, 0.05) is 5.56 Å². The second-order valence-corrected chi connectivity index (χ2v) is 7.47. The molecule has 1 saturated heterocycles. The molecule has 1 aliphatic rings. The summed E-state index contributed by atoms with van der Waals surface area (Å²) in [7, 11) is 2.95. The Morgan fingerprint density at radius 1 is 0.941 bits per heavy atom. The molecule has 0 saturated carbocycles. The number of aliphatic hydroxyl groups excluding tert-OH is 4. The van der Waals surface area contributed by atoms with Crippen molar-refractivity contribution in [3.05, 3.63) is 52.7 Å². The number of aliphatic hydroxyl groups is 4. The molecule has 5 atom stereocenters. The van der Waals surface area contributed by atoms with Gasteiger partial charge in [0.15, 0.2) is 17.3 Å². The molecule has 6 N–H and O–H groups in total. The van der Waals surface area contributed by atoms with Gasteiger partial charge in [-0.1, -0.05) is 12.1 Å².